The summed E-state index contributed by atoms with van der Waals surface area (Å²) in [5.74, 6) is -0.779. The average molecular weight is 267 g/mol. The normalized spacial score (nSPS) is 10.2. The fourth-order valence-electron chi connectivity index (χ4n) is 1.55. The van der Waals surface area contributed by atoms with Crippen LogP contribution in [0.2, 0.25) is 0 Å². The highest BCUT2D eigenvalue weighted by Crippen LogP contribution is 2.13. The maximum absolute atomic E-state index is 13.3. The van der Waals surface area contributed by atoms with E-state index in [1.165, 1.54) is 18.2 Å². The van der Waals surface area contributed by atoms with E-state index in [9.17, 15) is 9.18 Å². The molecule has 0 atom stereocenters. The molecule has 0 amide bonds. The molecule has 0 heterocycles. The molecule has 2 aromatic rings. The van der Waals surface area contributed by atoms with E-state index in [2.05, 4.69) is 0 Å². The molecule has 0 unspecified atom stereocenters. The number of nitrogens with zero attached hydrogens (tertiary/aromatic N) is 1. The highest BCUT2D eigenvalue weighted by Gasteiger charge is 2.02. The molecule has 0 aliphatic carbocycles. The van der Waals surface area contributed by atoms with Gasteiger partial charge in [0, 0.05) is 11.6 Å². The lowest BCUT2D eigenvalue weighted by Crippen LogP contribution is -2.03. The van der Waals surface area contributed by atoms with Crippen LogP contribution in [0.1, 0.15) is 11.1 Å². The molecule has 0 spiro atoms. The first-order valence-electron chi connectivity index (χ1n) is 5.83. The third-order valence-corrected chi connectivity index (χ3v) is 2.49. The number of carbonyl (C=O) groups is 1. The molecule has 3 nitrogen and oxygen atoms in total. The average Bonchev–Trinajstić information content (AvgIpc) is 2.46. The van der Waals surface area contributed by atoms with Gasteiger partial charge in [-0.15, -0.1) is 0 Å². The number of benzene rings is 2. The van der Waals surface area contributed by atoms with E-state index >= 15 is 0 Å². The zero-order chi connectivity index (χ0) is 14.4. The zero-order valence-corrected chi connectivity index (χ0v) is 10.4. The van der Waals surface area contributed by atoms with Gasteiger partial charge in [-0.3, -0.25) is 0 Å². The Bertz CT molecular complexity index is 702. The van der Waals surface area contributed by atoms with Crippen LogP contribution in [0.4, 0.5) is 4.39 Å². The van der Waals surface area contributed by atoms with Crippen LogP contribution in [0.15, 0.2) is 54.6 Å². The molecule has 0 radical (unpaired) electrons. The summed E-state index contributed by atoms with van der Waals surface area (Å²) in [6.07, 6.45) is 2.48. The summed E-state index contributed by atoms with van der Waals surface area (Å²) < 4.78 is 18.3. The van der Waals surface area contributed by atoms with Crippen molar-refractivity contribution in [1.29, 1.82) is 5.26 Å². The molecule has 0 saturated heterocycles. The van der Waals surface area contributed by atoms with E-state index in [1.54, 1.807) is 36.4 Å². The highest BCUT2D eigenvalue weighted by molar-refractivity contribution is 5.88. The molecule has 0 aliphatic rings. The minimum absolute atomic E-state index is 0.271. The van der Waals surface area contributed by atoms with Crippen molar-refractivity contribution >= 4 is 12.0 Å². The third-order valence-electron chi connectivity index (χ3n) is 2.49. The fourth-order valence-corrected chi connectivity index (χ4v) is 1.55. The summed E-state index contributed by atoms with van der Waals surface area (Å²) in [6.45, 7) is 0. The number of rotatable bonds is 3. The molecule has 0 fully saturated rings. The maximum Gasteiger partial charge on any atom is 0.336 e. The molecular formula is C16H10FNO2. The van der Waals surface area contributed by atoms with Gasteiger partial charge in [0.2, 0.25) is 0 Å². The molecule has 2 aromatic carbocycles. The van der Waals surface area contributed by atoms with Crippen molar-refractivity contribution in [3.05, 3.63) is 71.6 Å². The molecule has 98 valence electrons. The van der Waals surface area contributed by atoms with Crippen LogP contribution in [-0.2, 0) is 4.79 Å². The Morgan fingerprint density at radius 1 is 1.20 bits per heavy atom. The zero-order valence-electron chi connectivity index (χ0n) is 10.4. The third kappa shape index (κ3) is 3.53. The summed E-state index contributed by atoms with van der Waals surface area (Å²) in [7, 11) is 0. The standard InChI is InChI=1S/C16H10FNO2/c17-15-7-2-1-5-13(15)8-9-16(19)20-14-6-3-4-12(10-14)11-18/h1-10H/b9-8+. The fraction of sp³-hybridized carbons (Fsp3) is 0. The Hall–Kier alpha value is -2.93. The lowest BCUT2D eigenvalue weighted by Gasteiger charge is -2.01. The second-order valence-corrected chi connectivity index (χ2v) is 3.92. The number of halogens is 1. The largest absolute Gasteiger partial charge is 0.423 e. The van der Waals surface area contributed by atoms with Gasteiger partial charge in [0.25, 0.3) is 0 Å². The Balaban J connectivity index is 2.06. The van der Waals surface area contributed by atoms with E-state index in [1.807, 2.05) is 6.07 Å². The minimum atomic E-state index is -0.636. The van der Waals surface area contributed by atoms with Crippen molar-refractivity contribution < 1.29 is 13.9 Å². The highest BCUT2D eigenvalue weighted by atomic mass is 19.1. The molecule has 0 saturated carbocycles. The van der Waals surface area contributed by atoms with Crippen LogP contribution in [0.25, 0.3) is 6.08 Å². The summed E-state index contributed by atoms with van der Waals surface area (Å²) in [4.78, 5) is 11.6. The Kier molecular flexibility index (Phi) is 4.25. The second-order valence-electron chi connectivity index (χ2n) is 3.92. The number of carbonyl (C=O) groups excluding carboxylic acids is 1. The molecule has 0 N–H and O–H groups in total. The summed E-state index contributed by atoms with van der Waals surface area (Å²) in [5, 5.41) is 8.73. The smallest absolute Gasteiger partial charge is 0.336 e. The van der Waals surface area contributed by atoms with E-state index in [4.69, 9.17) is 10.00 Å². The Morgan fingerprint density at radius 3 is 2.75 bits per heavy atom. The summed E-state index contributed by atoms with van der Waals surface area (Å²) in [6, 6.07) is 14.3. The van der Waals surface area contributed by atoms with Crippen LogP contribution in [0.5, 0.6) is 5.75 Å². The quantitative estimate of drug-likeness (QED) is 0.487. The number of esters is 1. The molecule has 4 heteroatoms. The van der Waals surface area contributed by atoms with Gasteiger partial charge in [0.05, 0.1) is 11.6 Å². The lowest BCUT2D eigenvalue weighted by molar-refractivity contribution is -0.128. The van der Waals surface area contributed by atoms with Gasteiger partial charge in [-0.05, 0) is 30.3 Å². The lowest BCUT2D eigenvalue weighted by atomic mass is 10.2. The van der Waals surface area contributed by atoms with Crippen molar-refractivity contribution in [1.82, 2.24) is 0 Å². The van der Waals surface area contributed by atoms with Crippen LogP contribution >= 0.6 is 0 Å². The predicted molar refractivity (Wildman–Crippen MR) is 72.2 cm³/mol. The number of ether oxygens (including phenoxy) is 1. The van der Waals surface area contributed by atoms with Crippen molar-refractivity contribution in [3.8, 4) is 11.8 Å². The van der Waals surface area contributed by atoms with Gasteiger partial charge >= 0.3 is 5.97 Å². The number of hydrogen-bond donors (Lipinski definition) is 0. The molecule has 0 aliphatic heterocycles. The van der Waals surface area contributed by atoms with Crippen molar-refractivity contribution in [2.45, 2.75) is 0 Å². The van der Waals surface area contributed by atoms with Crippen LogP contribution < -0.4 is 4.74 Å². The van der Waals surface area contributed by atoms with Gasteiger partial charge in [0.1, 0.15) is 11.6 Å². The molecule has 20 heavy (non-hydrogen) atoms. The van der Waals surface area contributed by atoms with Crippen LogP contribution in [0, 0.1) is 17.1 Å². The topological polar surface area (TPSA) is 50.1 Å². The van der Waals surface area contributed by atoms with Crippen LogP contribution in [-0.4, -0.2) is 5.97 Å². The van der Waals surface area contributed by atoms with Gasteiger partial charge < -0.3 is 4.74 Å². The molecule has 0 aromatic heterocycles. The SMILES string of the molecule is N#Cc1cccc(OC(=O)/C=C/c2ccccc2F)c1. The second kappa shape index (κ2) is 6.30. The first kappa shape index (κ1) is 13.5. The predicted octanol–water partition coefficient (Wildman–Crippen LogP) is 3.32. The van der Waals surface area contributed by atoms with Crippen LogP contribution in [0.3, 0.4) is 0 Å². The van der Waals surface area contributed by atoms with E-state index in [-0.39, 0.29) is 5.75 Å². The Labute approximate surface area is 115 Å². The van der Waals surface area contributed by atoms with Gasteiger partial charge in [-0.25, -0.2) is 9.18 Å². The molecule has 0 bridgehead atoms. The maximum atomic E-state index is 13.3. The van der Waals surface area contributed by atoms with Crippen molar-refractivity contribution in [2.24, 2.45) is 0 Å². The summed E-state index contributed by atoms with van der Waals surface area (Å²) >= 11 is 0. The van der Waals surface area contributed by atoms with Crippen molar-refractivity contribution in [3.63, 3.8) is 0 Å². The number of hydrogen-bond acceptors (Lipinski definition) is 3. The Morgan fingerprint density at radius 2 is 2.00 bits per heavy atom. The molecule has 2 rings (SSSR count). The first-order valence-corrected chi connectivity index (χ1v) is 5.83. The van der Waals surface area contributed by atoms with Gasteiger partial charge in [-0.1, -0.05) is 24.3 Å². The van der Waals surface area contributed by atoms with Gasteiger partial charge in [-0.2, -0.15) is 5.26 Å². The number of nitriles is 1. The van der Waals surface area contributed by atoms with E-state index in [0.29, 0.717) is 11.1 Å². The van der Waals surface area contributed by atoms with Gasteiger partial charge in [0.15, 0.2) is 0 Å². The van der Waals surface area contributed by atoms with E-state index in [0.717, 1.165) is 6.08 Å². The summed E-state index contributed by atoms with van der Waals surface area (Å²) in [5.41, 5.74) is 0.698. The van der Waals surface area contributed by atoms with E-state index < -0.39 is 11.8 Å². The monoisotopic (exact) mass is 267 g/mol. The minimum Gasteiger partial charge on any atom is -0.423 e. The van der Waals surface area contributed by atoms with Crippen molar-refractivity contribution in [2.75, 3.05) is 0 Å². The first-order chi connectivity index (χ1) is 9.69. The molecular weight excluding hydrogens is 257 g/mol.